The number of carbonyl (C=O) groups is 4. The van der Waals surface area contributed by atoms with Crippen LogP contribution in [0.2, 0.25) is 0 Å². The summed E-state index contributed by atoms with van der Waals surface area (Å²) in [4.78, 5) is 75.1. The number of ether oxygens (including phenoxy) is 1. The second kappa shape index (κ2) is 9.74. The van der Waals surface area contributed by atoms with Crippen LogP contribution in [-0.4, -0.2) is 56.8 Å². The van der Waals surface area contributed by atoms with Crippen molar-refractivity contribution in [2.45, 2.75) is 24.9 Å². The highest BCUT2D eigenvalue weighted by atomic mass is 16.6. The summed E-state index contributed by atoms with van der Waals surface area (Å²) in [5, 5.41) is 37.8. The number of allylic oxidation sites excluding steroid dienone is 2. The SMILES string of the molecule is COC1=CC(=O)c2c(O)c3c(c(O)c2C1=O)C(=O)[C@]1(CCc2cc4cc(/C=N/OCc5ccccc5)[nH]c(=O)c4c(O)c21)C3=O. The van der Waals surface area contributed by atoms with Crippen LogP contribution in [0.4, 0.5) is 0 Å². The smallest absolute Gasteiger partial charge is 0.260 e. The zero-order valence-corrected chi connectivity index (χ0v) is 23.5. The molecule has 1 heterocycles. The van der Waals surface area contributed by atoms with Gasteiger partial charge in [-0.2, -0.15) is 0 Å². The van der Waals surface area contributed by atoms with Crippen molar-refractivity contribution < 1.29 is 44.1 Å². The normalized spacial score (nSPS) is 18.5. The quantitative estimate of drug-likeness (QED) is 0.113. The van der Waals surface area contributed by atoms with E-state index in [4.69, 9.17) is 9.57 Å². The largest absolute Gasteiger partial charge is 0.507 e. The lowest BCUT2D eigenvalue weighted by Crippen LogP contribution is -2.36. The van der Waals surface area contributed by atoms with E-state index in [0.717, 1.165) is 18.7 Å². The van der Waals surface area contributed by atoms with E-state index < -0.39 is 79.4 Å². The van der Waals surface area contributed by atoms with E-state index in [9.17, 15) is 39.3 Å². The van der Waals surface area contributed by atoms with Crippen LogP contribution >= 0.6 is 0 Å². The van der Waals surface area contributed by atoms with Crippen molar-refractivity contribution in [2.24, 2.45) is 5.16 Å². The summed E-state index contributed by atoms with van der Waals surface area (Å²) in [6, 6.07) is 12.5. The number of aromatic amines is 1. The van der Waals surface area contributed by atoms with Crippen LogP contribution in [0.1, 0.15) is 70.2 Å². The summed E-state index contributed by atoms with van der Waals surface area (Å²) < 4.78 is 4.92. The number of rotatable bonds is 5. The number of aromatic nitrogens is 1. The maximum Gasteiger partial charge on any atom is 0.260 e. The molecule has 4 N–H and O–H groups in total. The van der Waals surface area contributed by atoms with Gasteiger partial charge in [-0.25, -0.2) is 0 Å². The first-order chi connectivity index (χ1) is 21.6. The number of oxime groups is 1. The number of H-pyrrole nitrogens is 1. The van der Waals surface area contributed by atoms with Crippen molar-refractivity contribution in [1.82, 2.24) is 4.98 Å². The third kappa shape index (κ3) is 3.71. The molecule has 224 valence electrons. The Morgan fingerprint density at radius 2 is 1.60 bits per heavy atom. The summed E-state index contributed by atoms with van der Waals surface area (Å²) in [6.07, 6.45) is 2.08. The third-order valence-electron chi connectivity index (χ3n) is 8.60. The van der Waals surface area contributed by atoms with Gasteiger partial charge in [0.25, 0.3) is 5.56 Å². The van der Waals surface area contributed by atoms with E-state index in [1.165, 1.54) is 6.21 Å². The molecule has 0 aliphatic heterocycles. The van der Waals surface area contributed by atoms with Crippen LogP contribution in [0, 0.1) is 0 Å². The van der Waals surface area contributed by atoms with E-state index in [0.29, 0.717) is 10.9 Å². The molecule has 0 saturated carbocycles. The van der Waals surface area contributed by atoms with Crippen LogP contribution in [0.3, 0.4) is 0 Å². The molecule has 0 amide bonds. The van der Waals surface area contributed by atoms with E-state index in [2.05, 4.69) is 10.1 Å². The average Bonchev–Trinajstić information content (AvgIpc) is 3.51. The number of phenolic OH excluding ortho intramolecular Hbond substituents is 3. The molecule has 45 heavy (non-hydrogen) atoms. The molecule has 0 radical (unpaired) electrons. The number of methoxy groups -OCH3 is 1. The van der Waals surface area contributed by atoms with Crippen LogP contribution < -0.4 is 5.56 Å². The highest BCUT2D eigenvalue weighted by Crippen LogP contribution is 2.57. The Balaban J connectivity index is 1.32. The monoisotopic (exact) mass is 606 g/mol. The minimum atomic E-state index is -2.11. The minimum absolute atomic E-state index is 0.120. The predicted molar refractivity (Wildman–Crippen MR) is 157 cm³/mol. The number of phenols is 3. The van der Waals surface area contributed by atoms with Gasteiger partial charge in [-0.15, -0.1) is 0 Å². The number of carbonyl (C=O) groups excluding carboxylic acids is 4. The zero-order chi connectivity index (χ0) is 31.8. The second-order valence-corrected chi connectivity index (χ2v) is 10.9. The zero-order valence-electron chi connectivity index (χ0n) is 23.5. The summed E-state index contributed by atoms with van der Waals surface area (Å²) >= 11 is 0. The Bertz CT molecular complexity index is 2180. The average molecular weight is 607 g/mol. The van der Waals surface area contributed by atoms with Gasteiger partial charge in [-0.05, 0) is 35.4 Å². The van der Waals surface area contributed by atoms with Gasteiger partial charge in [0.15, 0.2) is 23.1 Å². The van der Waals surface area contributed by atoms with E-state index in [-0.39, 0.29) is 36.1 Å². The van der Waals surface area contributed by atoms with E-state index in [1.54, 1.807) is 12.1 Å². The molecule has 3 aromatic carbocycles. The summed E-state index contributed by atoms with van der Waals surface area (Å²) in [5.74, 6) is -6.72. The number of nitrogens with zero attached hydrogens (tertiary/aromatic N) is 1. The Hall–Kier alpha value is -6.04. The number of aryl methyl sites for hydroxylation is 1. The third-order valence-corrected chi connectivity index (χ3v) is 8.60. The Morgan fingerprint density at radius 3 is 2.29 bits per heavy atom. The van der Waals surface area contributed by atoms with Crippen LogP contribution in [0.15, 0.2) is 64.3 Å². The number of ketones is 4. The van der Waals surface area contributed by atoms with E-state index in [1.807, 2.05) is 30.3 Å². The van der Waals surface area contributed by atoms with Gasteiger partial charge in [-0.1, -0.05) is 41.6 Å². The molecule has 3 aliphatic carbocycles. The lowest BCUT2D eigenvalue weighted by atomic mass is 9.76. The molecule has 0 saturated heterocycles. The summed E-state index contributed by atoms with van der Waals surface area (Å²) in [7, 11) is 1.13. The molecule has 0 fully saturated rings. The Morgan fingerprint density at radius 1 is 0.911 bits per heavy atom. The highest BCUT2D eigenvalue weighted by molar-refractivity contribution is 6.38. The number of fused-ring (bicyclic) bond motifs is 5. The number of hydrogen-bond acceptors (Lipinski definition) is 11. The Kier molecular flexibility index (Phi) is 6.01. The standard InChI is InChI=1S/C33H22N2O10/c1-44-19-11-18(36)21-22(26(19)37)28(39)24-23(27(21)38)30(41)33(31(24)42)8-7-15-9-16-10-17(35-32(43)20(16)29(40)25(15)33)12-34-45-13-14-5-3-2-4-6-14/h2-6,9-12,38-40H,7-8,13H2,1H3,(H,35,43)/b34-12+/t33-/m0/s1. The van der Waals surface area contributed by atoms with Gasteiger partial charge in [0.05, 0.1) is 46.7 Å². The molecule has 3 aliphatic rings. The number of benzene rings is 3. The van der Waals surface area contributed by atoms with Crippen molar-refractivity contribution in [3.63, 3.8) is 0 Å². The lowest BCUT2D eigenvalue weighted by molar-refractivity contribution is 0.0790. The molecule has 12 heteroatoms. The number of Topliss-reactive ketones (excluding diaryl/α,β-unsaturated/α-hetero) is 3. The number of nitrogens with one attached hydrogen (secondary N) is 1. The molecule has 4 aromatic rings. The van der Waals surface area contributed by atoms with Gasteiger partial charge in [0.2, 0.25) is 5.78 Å². The second-order valence-electron chi connectivity index (χ2n) is 10.9. The Labute approximate surface area is 252 Å². The first-order valence-electron chi connectivity index (χ1n) is 13.8. The molecule has 1 aromatic heterocycles. The van der Waals surface area contributed by atoms with Crippen molar-refractivity contribution in [3.8, 4) is 17.2 Å². The van der Waals surface area contributed by atoms with Gasteiger partial charge < -0.3 is 29.9 Å². The highest BCUT2D eigenvalue weighted by Gasteiger charge is 2.61. The van der Waals surface area contributed by atoms with Gasteiger partial charge in [-0.3, -0.25) is 24.0 Å². The fourth-order valence-corrected chi connectivity index (χ4v) is 6.61. The number of pyridine rings is 1. The summed E-state index contributed by atoms with van der Waals surface area (Å²) in [6.45, 7) is 0.205. The molecule has 12 nitrogen and oxygen atoms in total. The lowest BCUT2D eigenvalue weighted by Gasteiger charge is -2.22. The fourth-order valence-electron chi connectivity index (χ4n) is 6.61. The van der Waals surface area contributed by atoms with Crippen molar-refractivity contribution >= 4 is 40.1 Å². The minimum Gasteiger partial charge on any atom is -0.507 e. The maximum absolute atomic E-state index is 14.1. The number of hydrogen-bond donors (Lipinski definition) is 4. The molecule has 0 bridgehead atoms. The van der Waals surface area contributed by atoms with Gasteiger partial charge in [0.1, 0.15) is 29.3 Å². The molecule has 1 spiro atoms. The molecular weight excluding hydrogens is 584 g/mol. The first-order valence-corrected chi connectivity index (χ1v) is 13.8. The van der Waals surface area contributed by atoms with Crippen molar-refractivity contribution in [2.75, 3.05) is 7.11 Å². The van der Waals surface area contributed by atoms with Gasteiger partial charge in [0, 0.05) is 11.6 Å². The van der Waals surface area contributed by atoms with Gasteiger partial charge >= 0.3 is 0 Å². The molecule has 1 atom stereocenters. The predicted octanol–water partition coefficient (Wildman–Crippen LogP) is 3.37. The molecule has 7 rings (SSSR count). The molecule has 0 unspecified atom stereocenters. The fraction of sp³-hybridized carbons (Fsp3) is 0.152. The van der Waals surface area contributed by atoms with E-state index >= 15 is 0 Å². The topological polar surface area (TPSA) is 193 Å². The van der Waals surface area contributed by atoms with Crippen molar-refractivity contribution in [1.29, 1.82) is 0 Å². The van der Waals surface area contributed by atoms with Crippen LogP contribution in [0.5, 0.6) is 17.2 Å². The number of aromatic hydroxyl groups is 3. The van der Waals surface area contributed by atoms with Crippen molar-refractivity contribution in [3.05, 3.63) is 109 Å². The van der Waals surface area contributed by atoms with Crippen LogP contribution in [0.25, 0.3) is 10.8 Å². The molecular formula is C33H22N2O10. The van der Waals surface area contributed by atoms with Crippen LogP contribution in [-0.2, 0) is 28.0 Å². The first kappa shape index (κ1) is 27.8. The maximum atomic E-state index is 14.1. The summed E-state index contributed by atoms with van der Waals surface area (Å²) in [5.41, 5.74) is -3.98.